The molecule has 1 rings (SSSR count). The average molecular weight is 221 g/mol. The lowest BCUT2D eigenvalue weighted by atomic mass is 10.2. The smallest absolute Gasteiger partial charge is 0.282 e. The third-order valence-electron chi connectivity index (χ3n) is 1.70. The second kappa shape index (κ2) is 3.65. The van der Waals surface area contributed by atoms with Crippen molar-refractivity contribution in [2.24, 2.45) is 0 Å². The van der Waals surface area contributed by atoms with Gasteiger partial charge in [0.15, 0.2) is 0 Å². The molecule has 0 radical (unpaired) electrons. The Labute approximate surface area is 82.1 Å². The van der Waals surface area contributed by atoms with Crippen LogP contribution in [0.15, 0.2) is 23.1 Å². The highest BCUT2D eigenvalue weighted by molar-refractivity contribution is 7.85. The summed E-state index contributed by atoms with van der Waals surface area (Å²) in [7, 11) is -4.13. The van der Waals surface area contributed by atoms with E-state index in [1.807, 2.05) is 6.92 Å². The Morgan fingerprint density at radius 3 is 2.46 bits per heavy atom. The topological polar surface area (TPSA) is 54.4 Å². The minimum absolute atomic E-state index is 0.172. The standard InChI is InChI=1S/C8H9ClO3S/c1-2-6-3-4-7(5-8(6)9)13(10,11)12/h3-5H,2H2,1H3,(H,10,11,12). The van der Waals surface area contributed by atoms with Gasteiger partial charge in [0.05, 0.1) is 4.90 Å². The minimum atomic E-state index is -4.13. The zero-order valence-corrected chi connectivity index (χ0v) is 8.56. The van der Waals surface area contributed by atoms with Crippen LogP contribution in [0.25, 0.3) is 0 Å². The average Bonchev–Trinajstić information content (AvgIpc) is 2.02. The van der Waals surface area contributed by atoms with Crippen molar-refractivity contribution in [2.75, 3.05) is 0 Å². The van der Waals surface area contributed by atoms with E-state index in [1.54, 1.807) is 6.07 Å². The quantitative estimate of drug-likeness (QED) is 0.777. The van der Waals surface area contributed by atoms with Gasteiger partial charge in [-0.2, -0.15) is 8.42 Å². The summed E-state index contributed by atoms with van der Waals surface area (Å²) in [5, 5.41) is 0.359. The lowest BCUT2D eigenvalue weighted by Crippen LogP contribution is -1.98. The van der Waals surface area contributed by atoms with Gasteiger partial charge in [-0.1, -0.05) is 24.6 Å². The molecule has 0 aliphatic carbocycles. The maximum absolute atomic E-state index is 10.7. The molecule has 1 N–H and O–H groups in total. The van der Waals surface area contributed by atoms with E-state index in [4.69, 9.17) is 16.2 Å². The highest BCUT2D eigenvalue weighted by Crippen LogP contribution is 2.20. The summed E-state index contributed by atoms with van der Waals surface area (Å²) in [6.45, 7) is 1.91. The molecule has 0 fully saturated rings. The Morgan fingerprint density at radius 2 is 2.08 bits per heavy atom. The molecular weight excluding hydrogens is 212 g/mol. The first-order chi connectivity index (χ1) is 5.95. The second-order valence-electron chi connectivity index (χ2n) is 2.58. The van der Waals surface area contributed by atoms with Gasteiger partial charge in [-0.3, -0.25) is 4.55 Å². The van der Waals surface area contributed by atoms with Gasteiger partial charge in [0.1, 0.15) is 0 Å². The van der Waals surface area contributed by atoms with Crippen molar-refractivity contribution in [3.8, 4) is 0 Å². The molecule has 0 spiro atoms. The molecule has 0 heterocycles. The van der Waals surface area contributed by atoms with Crippen molar-refractivity contribution in [3.63, 3.8) is 0 Å². The molecule has 13 heavy (non-hydrogen) atoms. The first-order valence-corrected chi connectivity index (χ1v) is 5.53. The fourth-order valence-electron chi connectivity index (χ4n) is 0.975. The van der Waals surface area contributed by atoms with Crippen LogP contribution in [0, 0.1) is 0 Å². The van der Waals surface area contributed by atoms with Crippen LogP contribution in [0.5, 0.6) is 0 Å². The van der Waals surface area contributed by atoms with Crippen LogP contribution in [-0.2, 0) is 16.5 Å². The summed E-state index contributed by atoms with van der Waals surface area (Å²) in [5.41, 5.74) is 0.856. The Balaban J connectivity index is 3.26. The molecular formula is C8H9ClO3S. The van der Waals surface area contributed by atoms with Gasteiger partial charge >= 0.3 is 0 Å². The van der Waals surface area contributed by atoms with Gasteiger partial charge < -0.3 is 0 Å². The Kier molecular flexibility index (Phi) is 2.95. The third-order valence-corrected chi connectivity index (χ3v) is 2.90. The molecule has 5 heteroatoms. The summed E-state index contributed by atoms with van der Waals surface area (Å²) in [6.07, 6.45) is 0.727. The molecule has 0 bridgehead atoms. The molecule has 0 amide bonds. The minimum Gasteiger partial charge on any atom is -0.282 e. The van der Waals surface area contributed by atoms with E-state index in [1.165, 1.54) is 12.1 Å². The fraction of sp³-hybridized carbons (Fsp3) is 0.250. The van der Waals surface area contributed by atoms with Crippen LogP contribution in [0.3, 0.4) is 0 Å². The van der Waals surface area contributed by atoms with E-state index in [0.717, 1.165) is 12.0 Å². The number of hydrogen-bond donors (Lipinski definition) is 1. The first kappa shape index (κ1) is 10.5. The first-order valence-electron chi connectivity index (χ1n) is 3.71. The molecule has 72 valence electrons. The lowest BCUT2D eigenvalue weighted by Gasteiger charge is -2.02. The normalized spacial score (nSPS) is 11.6. The monoisotopic (exact) mass is 220 g/mol. The van der Waals surface area contributed by atoms with Crippen molar-refractivity contribution in [1.82, 2.24) is 0 Å². The van der Waals surface area contributed by atoms with Gasteiger partial charge in [-0.25, -0.2) is 0 Å². The van der Waals surface area contributed by atoms with Crippen LogP contribution in [0.1, 0.15) is 12.5 Å². The summed E-state index contributed by atoms with van der Waals surface area (Å²) < 4.78 is 30.1. The van der Waals surface area contributed by atoms with Gasteiger partial charge in [0.25, 0.3) is 10.1 Å². The Hall–Kier alpha value is -0.580. The van der Waals surface area contributed by atoms with E-state index in [9.17, 15) is 8.42 Å². The van der Waals surface area contributed by atoms with Gasteiger partial charge in [-0.05, 0) is 24.1 Å². The van der Waals surface area contributed by atoms with Gasteiger partial charge in [0, 0.05) is 5.02 Å². The van der Waals surface area contributed by atoms with Crippen LogP contribution in [0.2, 0.25) is 5.02 Å². The molecule has 1 aromatic rings. The van der Waals surface area contributed by atoms with Crippen molar-refractivity contribution in [1.29, 1.82) is 0 Å². The highest BCUT2D eigenvalue weighted by Gasteiger charge is 2.10. The van der Waals surface area contributed by atoms with E-state index in [2.05, 4.69) is 0 Å². The predicted molar refractivity (Wildman–Crippen MR) is 50.6 cm³/mol. The van der Waals surface area contributed by atoms with Crippen molar-refractivity contribution < 1.29 is 13.0 Å². The van der Waals surface area contributed by atoms with Crippen LogP contribution < -0.4 is 0 Å². The molecule has 0 aromatic heterocycles. The predicted octanol–water partition coefficient (Wildman–Crippen LogP) is 2.15. The van der Waals surface area contributed by atoms with Gasteiger partial charge in [-0.15, -0.1) is 0 Å². The zero-order valence-electron chi connectivity index (χ0n) is 6.99. The number of benzene rings is 1. The molecule has 3 nitrogen and oxygen atoms in total. The van der Waals surface area contributed by atoms with E-state index in [-0.39, 0.29) is 4.90 Å². The summed E-state index contributed by atoms with van der Waals surface area (Å²) in [6, 6.07) is 4.17. The largest absolute Gasteiger partial charge is 0.294 e. The summed E-state index contributed by atoms with van der Waals surface area (Å²) in [5.74, 6) is 0. The molecule has 0 aliphatic heterocycles. The van der Waals surface area contributed by atoms with E-state index in [0.29, 0.717) is 5.02 Å². The maximum atomic E-state index is 10.7. The summed E-state index contributed by atoms with van der Waals surface area (Å²) in [4.78, 5) is -0.172. The molecule has 0 saturated heterocycles. The van der Waals surface area contributed by atoms with Crippen LogP contribution in [0.4, 0.5) is 0 Å². The number of halogens is 1. The second-order valence-corrected chi connectivity index (χ2v) is 4.41. The van der Waals surface area contributed by atoms with E-state index >= 15 is 0 Å². The summed E-state index contributed by atoms with van der Waals surface area (Å²) >= 11 is 5.76. The molecule has 1 aromatic carbocycles. The molecule has 0 unspecified atom stereocenters. The maximum Gasteiger partial charge on any atom is 0.294 e. The molecule has 0 saturated carbocycles. The van der Waals surface area contributed by atoms with Gasteiger partial charge in [0.2, 0.25) is 0 Å². The number of hydrogen-bond acceptors (Lipinski definition) is 2. The van der Waals surface area contributed by atoms with Crippen molar-refractivity contribution >= 4 is 21.7 Å². The number of aryl methyl sites for hydroxylation is 1. The molecule has 0 aliphatic rings. The van der Waals surface area contributed by atoms with Crippen molar-refractivity contribution in [2.45, 2.75) is 18.2 Å². The Bertz CT molecular complexity index is 411. The van der Waals surface area contributed by atoms with E-state index < -0.39 is 10.1 Å². The third kappa shape index (κ3) is 2.43. The zero-order chi connectivity index (χ0) is 10.1. The fourth-order valence-corrected chi connectivity index (χ4v) is 1.86. The SMILES string of the molecule is CCc1ccc(S(=O)(=O)O)cc1Cl. The Morgan fingerprint density at radius 1 is 1.46 bits per heavy atom. The highest BCUT2D eigenvalue weighted by atomic mass is 35.5. The van der Waals surface area contributed by atoms with Crippen LogP contribution >= 0.6 is 11.6 Å². The van der Waals surface area contributed by atoms with Crippen LogP contribution in [-0.4, -0.2) is 13.0 Å². The number of rotatable bonds is 2. The molecule has 0 atom stereocenters. The lowest BCUT2D eigenvalue weighted by molar-refractivity contribution is 0.483. The van der Waals surface area contributed by atoms with Crippen molar-refractivity contribution in [3.05, 3.63) is 28.8 Å².